The van der Waals surface area contributed by atoms with Crippen molar-refractivity contribution in [1.82, 2.24) is 20.3 Å². The Hall–Kier alpha value is -3.28. The predicted molar refractivity (Wildman–Crippen MR) is 146 cm³/mol. The molecule has 1 aliphatic carbocycles. The summed E-state index contributed by atoms with van der Waals surface area (Å²) in [7, 11) is 1.62. The molecule has 0 aliphatic heterocycles. The summed E-state index contributed by atoms with van der Waals surface area (Å²) in [4.78, 5) is 13.4. The van der Waals surface area contributed by atoms with Gasteiger partial charge in [-0.1, -0.05) is 24.3 Å². The summed E-state index contributed by atoms with van der Waals surface area (Å²) in [6.07, 6.45) is 1.39. The van der Waals surface area contributed by atoms with Crippen LogP contribution in [0.3, 0.4) is 0 Å². The van der Waals surface area contributed by atoms with E-state index in [1.807, 2.05) is 6.07 Å². The van der Waals surface area contributed by atoms with E-state index in [9.17, 15) is 18.3 Å². The van der Waals surface area contributed by atoms with Gasteiger partial charge in [0.05, 0.1) is 31.2 Å². The number of aromatic nitrogens is 3. The van der Waals surface area contributed by atoms with Crippen LogP contribution < -0.4 is 15.4 Å². The monoisotopic (exact) mass is 557 g/mol. The van der Waals surface area contributed by atoms with Crippen molar-refractivity contribution < 1.29 is 23.0 Å². The highest BCUT2D eigenvalue weighted by molar-refractivity contribution is 7.18. The van der Waals surface area contributed by atoms with Crippen molar-refractivity contribution in [2.24, 2.45) is 5.92 Å². The molecule has 0 saturated heterocycles. The summed E-state index contributed by atoms with van der Waals surface area (Å²) in [6, 6.07) is 11.9. The number of rotatable bonds is 9. The first-order valence-electron chi connectivity index (χ1n) is 12.8. The minimum absolute atomic E-state index is 0.146. The maximum atomic E-state index is 12.8. The van der Waals surface area contributed by atoms with E-state index >= 15 is 0 Å². The van der Waals surface area contributed by atoms with Gasteiger partial charge in [0, 0.05) is 35.8 Å². The van der Waals surface area contributed by atoms with Gasteiger partial charge in [-0.05, 0) is 48.4 Å². The van der Waals surface area contributed by atoms with E-state index in [0.29, 0.717) is 47.7 Å². The third kappa shape index (κ3) is 7.23. The molecule has 3 aromatic heterocycles. The molecular weight excluding hydrogens is 527 g/mol. The van der Waals surface area contributed by atoms with E-state index in [1.165, 1.54) is 12.4 Å². The molecule has 0 bridgehead atoms. The van der Waals surface area contributed by atoms with Crippen LogP contribution in [0.2, 0.25) is 0 Å². The molecule has 7 nitrogen and oxygen atoms in total. The number of ether oxygens (including phenoxy) is 1. The van der Waals surface area contributed by atoms with Crippen LogP contribution in [0, 0.1) is 5.92 Å². The molecule has 1 saturated carbocycles. The zero-order chi connectivity index (χ0) is 27.4. The molecule has 0 radical (unpaired) electrons. The molecule has 1 aliphatic rings. The molecule has 206 valence electrons. The summed E-state index contributed by atoms with van der Waals surface area (Å²) in [6.45, 7) is 1.24. The van der Waals surface area contributed by atoms with Gasteiger partial charge < -0.3 is 20.5 Å². The van der Waals surface area contributed by atoms with E-state index < -0.39 is 18.7 Å². The predicted octanol–water partition coefficient (Wildman–Crippen LogP) is 5.60. The Morgan fingerprint density at radius 2 is 1.87 bits per heavy atom. The molecule has 11 heteroatoms. The number of hydrogen-bond acceptors (Lipinski definition) is 8. The number of nitrogens with zero attached hydrogens (tertiary/aromatic N) is 3. The zero-order valence-corrected chi connectivity index (χ0v) is 22.2. The summed E-state index contributed by atoms with van der Waals surface area (Å²) in [5, 5.41) is 18.0. The zero-order valence-electron chi connectivity index (χ0n) is 21.4. The van der Waals surface area contributed by atoms with Crippen molar-refractivity contribution in [3.63, 3.8) is 0 Å². The largest absolute Gasteiger partial charge is 0.495 e. The van der Waals surface area contributed by atoms with Crippen LogP contribution in [0.1, 0.15) is 29.7 Å². The highest BCUT2D eigenvalue weighted by atomic mass is 32.1. The summed E-state index contributed by atoms with van der Waals surface area (Å²) < 4.78 is 43.8. The fourth-order valence-electron chi connectivity index (χ4n) is 5.08. The van der Waals surface area contributed by atoms with Gasteiger partial charge in [-0.25, -0.2) is 9.97 Å². The maximum absolute atomic E-state index is 12.8. The molecule has 0 amide bonds. The van der Waals surface area contributed by atoms with Gasteiger partial charge in [0.25, 0.3) is 0 Å². The van der Waals surface area contributed by atoms with Crippen LogP contribution in [0.25, 0.3) is 21.3 Å². The second-order valence-corrected chi connectivity index (χ2v) is 11.1. The molecule has 3 atom stereocenters. The summed E-state index contributed by atoms with van der Waals surface area (Å²) >= 11 is 1.04. The standard InChI is InChI=1S/C28H30F3N5O2S/c1-38-23-8-20(14-32-15-23)19-4-2-17(3-5-19)12-33-21-6-18(7-22(37)9-21)13-34-26-25-10-24(11-28(29,30)31)39-27(25)36-16-35-26/h2-5,8,10,14-16,18,21-22,33,37H,6-7,9,11-13H2,1H3,(H,34,35,36)/t18-,21+,22-/m0/s1. The number of pyridine rings is 1. The smallest absolute Gasteiger partial charge is 0.393 e. The normalized spacial score (nSPS) is 19.8. The van der Waals surface area contributed by atoms with Crippen LogP contribution in [0.15, 0.2) is 55.1 Å². The van der Waals surface area contributed by atoms with Gasteiger partial charge in [0.15, 0.2) is 0 Å². The fourth-order valence-corrected chi connectivity index (χ4v) is 6.10. The first-order valence-corrected chi connectivity index (χ1v) is 13.6. The fraction of sp³-hybridized carbons (Fsp3) is 0.393. The quantitative estimate of drug-likeness (QED) is 0.247. The Bertz CT molecular complexity index is 1400. The number of fused-ring (bicyclic) bond motifs is 1. The molecule has 39 heavy (non-hydrogen) atoms. The molecule has 0 spiro atoms. The van der Waals surface area contributed by atoms with Gasteiger partial charge in [0.1, 0.15) is 22.7 Å². The molecular formula is C28H30F3N5O2S. The van der Waals surface area contributed by atoms with Gasteiger partial charge in [-0.2, -0.15) is 13.2 Å². The minimum atomic E-state index is -4.27. The van der Waals surface area contributed by atoms with E-state index in [-0.39, 0.29) is 16.8 Å². The number of nitrogens with one attached hydrogen (secondary N) is 2. The lowest BCUT2D eigenvalue weighted by atomic mass is 9.83. The maximum Gasteiger partial charge on any atom is 0.393 e. The number of alkyl halides is 3. The topological polar surface area (TPSA) is 92.2 Å². The minimum Gasteiger partial charge on any atom is -0.495 e. The number of benzene rings is 1. The van der Waals surface area contributed by atoms with Gasteiger partial charge >= 0.3 is 6.18 Å². The highest BCUT2D eigenvalue weighted by Gasteiger charge is 2.30. The first-order chi connectivity index (χ1) is 18.8. The summed E-state index contributed by atoms with van der Waals surface area (Å²) in [5.41, 5.74) is 3.18. The molecule has 1 fully saturated rings. The number of hydrogen-bond donors (Lipinski definition) is 3. The SMILES string of the molecule is COc1cncc(-c2ccc(CN[C@H]3C[C@@H](O)C[C@@H](CNc4ncnc5sc(CC(F)(F)F)cc45)C3)cc2)c1. The number of thiophene rings is 1. The average Bonchev–Trinajstić information content (AvgIpc) is 3.32. The molecule has 3 N–H and O–H groups in total. The van der Waals surface area contributed by atoms with Crippen molar-refractivity contribution >= 4 is 27.4 Å². The van der Waals surface area contributed by atoms with Crippen LogP contribution in [-0.2, 0) is 13.0 Å². The van der Waals surface area contributed by atoms with E-state index in [1.54, 1.807) is 19.5 Å². The van der Waals surface area contributed by atoms with E-state index in [0.717, 1.165) is 34.4 Å². The van der Waals surface area contributed by atoms with Crippen LogP contribution in [-0.4, -0.2) is 52.0 Å². The van der Waals surface area contributed by atoms with Crippen molar-refractivity contribution in [2.45, 2.75) is 50.6 Å². The lowest BCUT2D eigenvalue weighted by molar-refractivity contribution is -0.126. The van der Waals surface area contributed by atoms with Gasteiger partial charge in [-0.3, -0.25) is 4.98 Å². The van der Waals surface area contributed by atoms with Crippen molar-refractivity contribution in [3.05, 3.63) is 65.6 Å². The number of aliphatic hydroxyl groups is 1. The van der Waals surface area contributed by atoms with E-state index in [4.69, 9.17) is 4.74 Å². The second-order valence-electron chi connectivity index (χ2n) is 9.94. The Kier molecular flexibility index (Phi) is 8.29. The van der Waals surface area contributed by atoms with Crippen LogP contribution in [0.4, 0.5) is 19.0 Å². The number of methoxy groups -OCH3 is 1. The first kappa shape index (κ1) is 27.3. The number of anilines is 1. The molecule has 5 rings (SSSR count). The van der Waals surface area contributed by atoms with Crippen molar-refractivity contribution in [1.29, 1.82) is 0 Å². The Morgan fingerprint density at radius 1 is 1.05 bits per heavy atom. The third-order valence-corrected chi connectivity index (χ3v) is 7.97. The average molecular weight is 558 g/mol. The number of halogens is 3. The lowest BCUT2D eigenvalue weighted by Gasteiger charge is -2.33. The molecule has 3 heterocycles. The Morgan fingerprint density at radius 3 is 2.64 bits per heavy atom. The van der Waals surface area contributed by atoms with Gasteiger partial charge in [0.2, 0.25) is 0 Å². The third-order valence-electron chi connectivity index (χ3n) is 6.92. The molecule has 0 unspecified atom stereocenters. The highest BCUT2D eigenvalue weighted by Crippen LogP contribution is 2.33. The van der Waals surface area contributed by atoms with E-state index in [2.05, 4.69) is 49.9 Å². The second kappa shape index (κ2) is 11.8. The van der Waals surface area contributed by atoms with Crippen molar-refractivity contribution in [2.75, 3.05) is 19.0 Å². The lowest BCUT2D eigenvalue weighted by Crippen LogP contribution is -2.41. The van der Waals surface area contributed by atoms with Crippen LogP contribution >= 0.6 is 11.3 Å². The molecule has 4 aromatic rings. The molecule has 1 aromatic carbocycles. The Labute approximate surface area is 228 Å². The van der Waals surface area contributed by atoms with Crippen LogP contribution in [0.5, 0.6) is 5.75 Å². The van der Waals surface area contributed by atoms with Crippen molar-refractivity contribution in [3.8, 4) is 16.9 Å². The Balaban J connectivity index is 1.16. The summed E-state index contributed by atoms with van der Waals surface area (Å²) in [5.74, 6) is 1.43. The van der Waals surface area contributed by atoms with Gasteiger partial charge in [-0.15, -0.1) is 11.3 Å². The number of aliphatic hydroxyl groups excluding tert-OH is 1.